The maximum Gasteiger partial charge on any atom is 0.252 e. The second-order valence-corrected chi connectivity index (χ2v) is 6.47. The minimum atomic E-state index is -1.27. The molecule has 1 aliphatic carbocycles. The number of rotatable bonds is 6. The first-order valence-corrected chi connectivity index (χ1v) is 7.95. The quantitative estimate of drug-likeness (QED) is 0.845. The zero-order valence-electron chi connectivity index (χ0n) is 13.8. The molecule has 3 rings (SSSR count). The molecule has 1 aromatic carbocycles. The van der Waals surface area contributed by atoms with Gasteiger partial charge >= 0.3 is 0 Å². The lowest BCUT2D eigenvalue weighted by molar-refractivity contribution is -0.125. The number of carbonyl (C=O) groups is 2. The van der Waals surface area contributed by atoms with Crippen LogP contribution in [0.4, 0.5) is 0 Å². The number of nitrogens with two attached hydrogens (primary N) is 1. The molecule has 1 unspecified atom stereocenters. The number of benzene rings is 1. The molecule has 0 radical (unpaired) electrons. The Bertz CT molecular complexity index is 801. The lowest BCUT2D eigenvalue weighted by atomic mass is 10.00. The first-order chi connectivity index (χ1) is 11.4. The normalized spacial score (nSPS) is 16.6. The van der Waals surface area contributed by atoms with Gasteiger partial charge in [-0.2, -0.15) is 0 Å². The van der Waals surface area contributed by atoms with Crippen LogP contribution in [0.2, 0.25) is 0 Å². The van der Waals surface area contributed by atoms with Gasteiger partial charge in [-0.05, 0) is 31.9 Å². The number of hydrogen-bond donors (Lipinski definition) is 2. The topological polar surface area (TPSA) is 94.3 Å². The van der Waals surface area contributed by atoms with E-state index in [0.29, 0.717) is 11.5 Å². The van der Waals surface area contributed by atoms with Crippen molar-refractivity contribution >= 4 is 22.7 Å². The van der Waals surface area contributed by atoms with Gasteiger partial charge < -0.3 is 15.8 Å². The van der Waals surface area contributed by atoms with Crippen LogP contribution in [0.15, 0.2) is 30.3 Å². The van der Waals surface area contributed by atoms with Crippen LogP contribution in [0.5, 0.6) is 0 Å². The highest BCUT2D eigenvalue weighted by molar-refractivity contribution is 6.08. The number of ether oxygens (including phenoxy) is 1. The molecule has 6 nitrogen and oxygen atoms in total. The fraction of sp³-hybridized carbons (Fsp3) is 0.389. The summed E-state index contributed by atoms with van der Waals surface area (Å²) >= 11 is 0. The van der Waals surface area contributed by atoms with Gasteiger partial charge in [0.2, 0.25) is 5.91 Å². The predicted molar refractivity (Wildman–Crippen MR) is 90.7 cm³/mol. The molecule has 6 heteroatoms. The highest BCUT2D eigenvalue weighted by Gasteiger charge is 2.34. The molecule has 0 spiro atoms. The average Bonchev–Trinajstić information content (AvgIpc) is 3.38. The Morgan fingerprint density at radius 2 is 2.08 bits per heavy atom. The molecule has 0 aliphatic heterocycles. The molecule has 2 aromatic rings. The lowest BCUT2D eigenvalue weighted by Gasteiger charge is -2.26. The second kappa shape index (κ2) is 6.20. The number of primary amides is 1. The van der Waals surface area contributed by atoms with Crippen molar-refractivity contribution in [1.29, 1.82) is 0 Å². The highest BCUT2D eigenvalue weighted by atomic mass is 16.5. The van der Waals surface area contributed by atoms with Gasteiger partial charge in [0.1, 0.15) is 5.54 Å². The van der Waals surface area contributed by atoms with Gasteiger partial charge in [0.15, 0.2) is 0 Å². The Labute approximate surface area is 140 Å². The van der Waals surface area contributed by atoms with Crippen molar-refractivity contribution in [3.05, 3.63) is 41.6 Å². The summed E-state index contributed by atoms with van der Waals surface area (Å²) in [6.45, 7) is 1.56. The maximum absolute atomic E-state index is 12.8. The van der Waals surface area contributed by atoms with Crippen LogP contribution < -0.4 is 11.1 Å². The SMILES string of the molecule is COCC(C)(NC(=O)c1cc(C2CC2)nc2ccccc12)C(N)=O. The number of pyridine rings is 1. The highest BCUT2D eigenvalue weighted by Crippen LogP contribution is 2.40. The molecular weight excluding hydrogens is 306 g/mol. The number of para-hydroxylation sites is 1. The van der Waals surface area contributed by atoms with Crippen molar-refractivity contribution < 1.29 is 14.3 Å². The summed E-state index contributed by atoms with van der Waals surface area (Å²) in [5.41, 5.74) is 6.38. The van der Waals surface area contributed by atoms with Crippen LogP contribution >= 0.6 is 0 Å². The second-order valence-electron chi connectivity index (χ2n) is 6.47. The summed E-state index contributed by atoms with van der Waals surface area (Å²) in [6, 6.07) is 9.32. The van der Waals surface area contributed by atoms with Crippen LogP contribution in [-0.4, -0.2) is 36.1 Å². The first kappa shape index (κ1) is 16.4. The summed E-state index contributed by atoms with van der Waals surface area (Å²) in [5.74, 6) is -0.574. The lowest BCUT2D eigenvalue weighted by Crippen LogP contribution is -2.58. The number of methoxy groups -OCH3 is 1. The number of nitrogens with one attached hydrogen (secondary N) is 1. The fourth-order valence-corrected chi connectivity index (χ4v) is 2.75. The van der Waals surface area contributed by atoms with Crippen molar-refractivity contribution in [2.24, 2.45) is 5.73 Å². The van der Waals surface area contributed by atoms with Crippen molar-refractivity contribution in [1.82, 2.24) is 10.3 Å². The van der Waals surface area contributed by atoms with E-state index in [9.17, 15) is 9.59 Å². The van der Waals surface area contributed by atoms with Gasteiger partial charge in [-0.1, -0.05) is 18.2 Å². The Balaban J connectivity index is 2.01. The van der Waals surface area contributed by atoms with E-state index in [4.69, 9.17) is 10.5 Å². The zero-order valence-corrected chi connectivity index (χ0v) is 13.8. The maximum atomic E-state index is 12.8. The molecular formula is C18H21N3O3. The van der Waals surface area contributed by atoms with Gasteiger partial charge in [-0.15, -0.1) is 0 Å². The average molecular weight is 327 g/mol. The van der Waals surface area contributed by atoms with Gasteiger partial charge in [0.05, 0.1) is 17.7 Å². The van der Waals surface area contributed by atoms with Crippen LogP contribution in [0.25, 0.3) is 10.9 Å². The molecule has 1 atom stereocenters. The smallest absolute Gasteiger partial charge is 0.252 e. The molecule has 0 bridgehead atoms. The molecule has 0 saturated heterocycles. The van der Waals surface area contributed by atoms with Gasteiger partial charge in [-0.3, -0.25) is 14.6 Å². The van der Waals surface area contributed by atoms with E-state index in [1.165, 1.54) is 7.11 Å². The van der Waals surface area contributed by atoms with E-state index in [1.54, 1.807) is 6.92 Å². The summed E-state index contributed by atoms with van der Waals surface area (Å²) in [5, 5.41) is 3.48. The first-order valence-electron chi connectivity index (χ1n) is 7.95. The third kappa shape index (κ3) is 3.10. The fourth-order valence-electron chi connectivity index (χ4n) is 2.75. The van der Waals surface area contributed by atoms with Crippen LogP contribution in [-0.2, 0) is 9.53 Å². The zero-order chi connectivity index (χ0) is 17.3. The Morgan fingerprint density at radius 3 is 2.71 bits per heavy atom. The molecule has 24 heavy (non-hydrogen) atoms. The standard InChI is InChI=1S/C18H21N3O3/c1-18(10-24-2,17(19)23)21-16(22)13-9-15(11-7-8-11)20-14-6-4-3-5-12(13)14/h3-6,9,11H,7-8,10H2,1-2H3,(H2,19,23)(H,21,22). The third-order valence-corrected chi connectivity index (χ3v) is 4.34. The molecule has 1 saturated carbocycles. The predicted octanol–water partition coefficient (Wildman–Crippen LogP) is 1.73. The molecule has 2 amide bonds. The Kier molecular flexibility index (Phi) is 4.24. The van der Waals surface area contributed by atoms with Crippen molar-refractivity contribution in [2.75, 3.05) is 13.7 Å². The summed E-state index contributed by atoms with van der Waals surface area (Å²) < 4.78 is 5.04. The van der Waals surface area contributed by atoms with Crippen molar-refractivity contribution in [3.63, 3.8) is 0 Å². The molecule has 1 aromatic heterocycles. The Morgan fingerprint density at radius 1 is 1.38 bits per heavy atom. The number of hydrogen-bond acceptors (Lipinski definition) is 4. The van der Waals surface area contributed by atoms with E-state index in [0.717, 1.165) is 29.4 Å². The molecule has 1 aliphatic rings. The number of fused-ring (bicyclic) bond motifs is 1. The van der Waals surface area contributed by atoms with Crippen LogP contribution in [0.3, 0.4) is 0 Å². The monoisotopic (exact) mass is 327 g/mol. The molecule has 126 valence electrons. The van der Waals surface area contributed by atoms with E-state index < -0.39 is 11.4 Å². The van der Waals surface area contributed by atoms with Crippen molar-refractivity contribution in [3.8, 4) is 0 Å². The van der Waals surface area contributed by atoms with E-state index in [2.05, 4.69) is 10.3 Å². The third-order valence-electron chi connectivity index (χ3n) is 4.34. The van der Waals surface area contributed by atoms with Crippen LogP contribution in [0.1, 0.15) is 41.7 Å². The van der Waals surface area contributed by atoms with Gasteiger partial charge in [0, 0.05) is 24.1 Å². The van der Waals surface area contributed by atoms with Crippen LogP contribution in [0, 0.1) is 0 Å². The number of amides is 2. The summed E-state index contributed by atoms with van der Waals surface area (Å²) in [6.07, 6.45) is 2.18. The summed E-state index contributed by atoms with van der Waals surface area (Å²) in [7, 11) is 1.46. The minimum Gasteiger partial charge on any atom is -0.382 e. The molecule has 1 fully saturated rings. The van der Waals surface area contributed by atoms with Gasteiger partial charge in [-0.25, -0.2) is 0 Å². The number of nitrogens with zero attached hydrogens (tertiary/aromatic N) is 1. The largest absolute Gasteiger partial charge is 0.382 e. The van der Waals surface area contributed by atoms with E-state index >= 15 is 0 Å². The minimum absolute atomic E-state index is 0.00652. The molecule has 3 N–H and O–H groups in total. The van der Waals surface area contributed by atoms with Gasteiger partial charge in [0.25, 0.3) is 5.91 Å². The molecule has 1 heterocycles. The van der Waals surface area contributed by atoms with Crippen molar-refractivity contribution in [2.45, 2.75) is 31.2 Å². The number of aromatic nitrogens is 1. The summed E-state index contributed by atoms with van der Waals surface area (Å²) in [4.78, 5) is 29.2. The van der Waals surface area contributed by atoms with E-state index in [1.807, 2.05) is 30.3 Å². The number of carbonyl (C=O) groups excluding carboxylic acids is 2. The Hall–Kier alpha value is -2.47. The van der Waals surface area contributed by atoms with E-state index in [-0.39, 0.29) is 12.5 Å².